The molecule has 0 saturated heterocycles. The third-order valence-electron chi connectivity index (χ3n) is 3.27. The number of anilines is 2. The molecule has 0 fully saturated rings. The molecule has 21 heavy (non-hydrogen) atoms. The second kappa shape index (κ2) is 6.10. The summed E-state index contributed by atoms with van der Waals surface area (Å²) in [5.41, 5.74) is 8.62. The lowest BCUT2D eigenvalue weighted by Crippen LogP contribution is -2.07. The minimum absolute atomic E-state index is 0.644. The average Bonchev–Trinajstić information content (AvgIpc) is 2.50. The number of halogens is 1. The van der Waals surface area contributed by atoms with E-state index in [0.29, 0.717) is 5.69 Å². The number of para-hydroxylation sites is 1. The average molecular weight is 343 g/mol. The molecule has 0 saturated carbocycles. The molecule has 5 heteroatoms. The first kappa shape index (κ1) is 13.8. The third kappa shape index (κ3) is 3.13. The summed E-state index contributed by atoms with van der Waals surface area (Å²) in [5.74, 6) is 0.803. The number of fused-ring (bicyclic) bond motifs is 1. The lowest BCUT2D eigenvalue weighted by Gasteiger charge is -2.09. The van der Waals surface area contributed by atoms with Crippen molar-refractivity contribution in [3.8, 4) is 0 Å². The zero-order chi connectivity index (χ0) is 14.7. The van der Waals surface area contributed by atoms with Gasteiger partial charge in [0.1, 0.15) is 5.82 Å². The monoisotopic (exact) mass is 342 g/mol. The van der Waals surface area contributed by atoms with Crippen LogP contribution < -0.4 is 11.1 Å². The number of nitrogen functional groups attached to an aromatic ring is 1. The first-order valence-electron chi connectivity index (χ1n) is 6.71. The van der Waals surface area contributed by atoms with Crippen LogP contribution in [0.2, 0.25) is 0 Å². The van der Waals surface area contributed by atoms with Gasteiger partial charge in [0.15, 0.2) is 0 Å². The molecule has 3 rings (SSSR count). The molecule has 0 radical (unpaired) electrons. The number of nitrogens with one attached hydrogen (secondary N) is 1. The highest BCUT2D eigenvalue weighted by Gasteiger charge is 2.04. The van der Waals surface area contributed by atoms with E-state index in [0.717, 1.165) is 28.8 Å². The molecule has 0 atom stereocenters. The zero-order valence-corrected chi connectivity index (χ0v) is 13.0. The summed E-state index contributed by atoms with van der Waals surface area (Å²) in [4.78, 5) is 8.74. The quantitative estimate of drug-likeness (QED) is 0.759. The first-order valence-corrected chi connectivity index (χ1v) is 7.51. The fraction of sp³-hybridized carbons (Fsp3) is 0.125. The van der Waals surface area contributed by atoms with Crippen molar-refractivity contribution >= 4 is 38.3 Å². The van der Waals surface area contributed by atoms with Gasteiger partial charge in [-0.25, -0.2) is 4.98 Å². The van der Waals surface area contributed by atoms with Gasteiger partial charge in [-0.3, -0.25) is 4.98 Å². The van der Waals surface area contributed by atoms with Crippen molar-refractivity contribution in [3.63, 3.8) is 0 Å². The van der Waals surface area contributed by atoms with Gasteiger partial charge in [0, 0.05) is 18.1 Å². The van der Waals surface area contributed by atoms with Gasteiger partial charge in [-0.2, -0.15) is 0 Å². The van der Waals surface area contributed by atoms with Crippen LogP contribution in [-0.4, -0.2) is 16.5 Å². The van der Waals surface area contributed by atoms with E-state index >= 15 is 0 Å². The fourth-order valence-electron chi connectivity index (χ4n) is 2.27. The van der Waals surface area contributed by atoms with Gasteiger partial charge in [0.05, 0.1) is 21.9 Å². The van der Waals surface area contributed by atoms with Gasteiger partial charge in [0.25, 0.3) is 0 Å². The van der Waals surface area contributed by atoms with Crippen LogP contribution in [0, 0.1) is 0 Å². The summed E-state index contributed by atoms with van der Waals surface area (Å²) < 4.78 is 0.874. The van der Waals surface area contributed by atoms with Crippen molar-refractivity contribution < 1.29 is 0 Å². The molecule has 0 aliphatic carbocycles. The van der Waals surface area contributed by atoms with Gasteiger partial charge >= 0.3 is 0 Å². The van der Waals surface area contributed by atoms with Gasteiger partial charge in [-0.05, 0) is 40.0 Å². The highest BCUT2D eigenvalue weighted by molar-refractivity contribution is 9.10. The second-order valence-corrected chi connectivity index (χ2v) is 5.62. The van der Waals surface area contributed by atoms with Crippen LogP contribution >= 0.6 is 15.9 Å². The molecule has 0 amide bonds. The molecule has 4 nitrogen and oxygen atoms in total. The van der Waals surface area contributed by atoms with Gasteiger partial charge < -0.3 is 11.1 Å². The van der Waals surface area contributed by atoms with E-state index in [1.165, 1.54) is 10.9 Å². The zero-order valence-electron chi connectivity index (χ0n) is 11.4. The largest absolute Gasteiger partial charge is 0.397 e. The molecule has 3 N–H and O–H groups in total. The highest BCUT2D eigenvalue weighted by atomic mass is 79.9. The molecule has 0 aliphatic rings. The third-order valence-corrected chi connectivity index (χ3v) is 3.87. The molecule has 3 aromatic rings. The Morgan fingerprint density at radius 2 is 2.00 bits per heavy atom. The lowest BCUT2D eigenvalue weighted by molar-refractivity contribution is 1.01. The van der Waals surface area contributed by atoms with Crippen molar-refractivity contribution in [3.05, 3.63) is 58.8 Å². The van der Waals surface area contributed by atoms with Gasteiger partial charge in [-0.15, -0.1) is 0 Å². The Bertz CT molecular complexity index is 768. The summed E-state index contributed by atoms with van der Waals surface area (Å²) in [7, 11) is 0. The van der Waals surface area contributed by atoms with E-state index in [9.17, 15) is 0 Å². The SMILES string of the molecule is Nc1cnc(NCCc2cccc3cccnc23)c(Br)c1. The lowest BCUT2D eigenvalue weighted by atomic mass is 10.1. The number of hydrogen-bond acceptors (Lipinski definition) is 4. The smallest absolute Gasteiger partial charge is 0.140 e. The van der Waals surface area contributed by atoms with Crippen molar-refractivity contribution in [1.29, 1.82) is 0 Å². The topological polar surface area (TPSA) is 63.8 Å². The predicted octanol–water partition coefficient (Wildman–Crippen LogP) is 3.63. The Hall–Kier alpha value is -2.14. The van der Waals surface area contributed by atoms with E-state index < -0.39 is 0 Å². The van der Waals surface area contributed by atoms with E-state index in [4.69, 9.17) is 5.73 Å². The van der Waals surface area contributed by atoms with E-state index in [1.807, 2.05) is 18.3 Å². The van der Waals surface area contributed by atoms with E-state index in [2.05, 4.69) is 55.5 Å². The van der Waals surface area contributed by atoms with E-state index in [1.54, 1.807) is 6.20 Å². The standard InChI is InChI=1S/C16H15BrN4/c17-14-9-13(18)10-21-16(14)20-8-6-12-4-1-3-11-5-2-7-19-15(11)12/h1-5,7,9-10H,6,8,18H2,(H,20,21). The number of hydrogen-bond donors (Lipinski definition) is 2. The Labute approximate surface area is 131 Å². The molecule has 2 heterocycles. The Morgan fingerprint density at radius 1 is 1.14 bits per heavy atom. The van der Waals surface area contributed by atoms with Gasteiger partial charge in [-0.1, -0.05) is 24.3 Å². The highest BCUT2D eigenvalue weighted by Crippen LogP contribution is 2.22. The Morgan fingerprint density at radius 3 is 2.86 bits per heavy atom. The number of rotatable bonds is 4. The minimum atomic E-state index is 0.644. The van der Waals surface area contributed by atoms with Crippen LogP contribution in [0.15, 0.2) is 53.3 Å². The summed E-state index contributed by atoms with van der Waals surface area (Å²) >= 11 is 3.46. The Balaban J connectivity index is 1.72. The van der Waals surface area contributed by atoms with Crippen molar-refractivity contribution in [2.75, 3.05) is 17.6 Å². The number of nitrogens with two attached hydrogens (primary N) is 1. The molecular weight excluding hydrogens is 328 g/mol. The molecule has 0 bridgehead atoms. The Kier molecular flexibility index (Phi) is 4.01. The molecule has 2 aromatic heterocycles. The van der Waals surface area contributed by atoms with Crippen molar-refractivity contribution in [2.45, 2.75) is 6.42 Å². The molecule has 106 valence electrons. The summed E-state index contributed by atoms with van der Waals surface area (Å²) in [6.45, 7) is 0.783. The predicted molar refractivity (Wildman–Crippen MR) is 90.3 cm³/mol. The van der Waals surface area contributed by atoms with Crippen LogP contribution in [0.25, 0.3) is 10.9 Å². The normalized spacial score (nSPS) is 10.7. The van der Waals surface area contributed by atoms with Gasteiger partial charge in [0.2, 0.25) is 0 Å². The number of aromatic nitrogens is 2. The summed E-state index contributed by atoms with van der Waals surface area (Å²) in [6.07, 6.45) is 4.36. The summed E-state index contributed by atoms with van der Waals surface area (Å²) in [5, 5.41) is 4.48. The van der Waals surface area contributed by atoms with Crippen molar-refractivity contribution in [2.24, 2.45) is 0 Å². The maximum absolute atomic E-state index is 5.68. The number of nitrogens with zero attached hydrogens (tertiary/aromatic N) is 2. The molecule has 0 unspecified atom stereocenters. The van der Waals surface area contributed by atoms with Crippen LogP contribution in [0.1, 0.15) is 5.56 Å². The second-order valence-electron chi connectivity index (χ2n) is 4.77. The number of pyridine rings is 2. The van der Waals surface area contributed by atoms with Crippen LogP contribution in [0.3, 0.4) is 0 Å². The minimum Gasteiger partial charge on any atom is -0.397 e. The molecule has 0 aliphatic heterocycles. The van der Waals surface area contributed by atoms with E-state index in [-0.39, 0.29) is 0 Å². The summed E-state index contributed by atoms with van der Waals surface area (Å²) in [6, 6.07) is 12.1. The number of benzene rings is 1. The van der Waals surface area contributed by atoms with Crippen LogP contribution in [0.4, 0.5) is 11.5 Å². The molecule has 1 aromatic carbocycles. The van der Waals surface area contributed by atoms with Crippen molar-refractivity contribution in [1.82, 2.24) is 9.97 Å². The first-order chi connectivity index (χ1) is 10.2. The molecule has 0 spiro atoms. The molecular formula is C16H15BrN4. The fourth-order valence-corrected chi connectivity index (χ4v) is 2.77. The maximum atomic E-state index is 5.68. The van der Waals surface area contributed by atoms with Crippen LogP contribution in [0.5, 0.6) is 0 Å². The maximum Gasteiger partial charge on any atom is 0.140 e. The van der Waals surface area contributed by atoms with Crippen LogP contribution in [-0.2, 0) is 6.42 Å².